The van der Waals surface area contributed by atoms with Crippen molar-refractivity contribution in [2.24, 2.45) is 5.92 Å². The molecule has 0 unspecified atom stereocenters. The predicted octanol–water partition coefficient (Wildman–Crippen LogP) is 2.84. The molecule has 0 saturated carbocycles. The third-order valence-electron chi connectivity index (χ3n) is 4.80. The standard InChI is InChI=1S/C19H18N2O5/c1-12-6-5-9-14(17(12)21(25)26)18(22)20-10-15(16(11-20)19(23)24)13-7-3-2-4-8-13/h2-9,15-16H,10-11H2,1H3,(H,23,24)/t15-,16-/m0/s1. The minimum atomic E-state index is -0.979. The number of carboxylic acid groups (broad SMARTS) is 1. The van der Waals surface area contributed by atoms with Gasteiger partial charge in [-0.25, -0.2) is 0 Å². The molecule has 0 spiro atoms. The van der Waals surface area contributed by atoms with E-state index in [0.717, 1.165) is 5.56 Å². The van der Waals surface area contributed by atoms with E-state index in [0.29, 0.717) is 5.56 Å². The van der Waals surface area contributed by atoms with Gasteiger partial charge in [-0.3, -0.25) is 19.7 Å². The molecule has 26 heavy (non-hydrogen) atoms. The molecule has 134 valence electrons. The predicted molar refractivity (Wildman–Crippen MR) is 94.0 cm³/mol. The van der Waals surface area contributed by atoms with Crippen LogP contribution >= 0.6 is 0 Å². The van der Waals surface area contributed by atoms with Crippen molar-refractivity contribution in [3.05, 3.63) is 75.3 Å². The number of nitro benzene ring substituents is 1. The number of nitrogens with zero attached hydrogens (tertiary/aromatic N) is 2. The van der Waals surface area contributed by atoms with Gasteiger partial charge in [0.15, 0.2) is 0 Å². The van der Waals surface area contributed by atoms with Gasteiger partial charge < -0.3 is 10.0 Å². The number of carbonyl (C=O) groups excluding carboxylic acids is 1. The summed E-state index contributed by atoms with van der Waals surface area (Å²) in [6.07, 6.45) is 0. The van der Waals surface area contributed by atoms with Gasteiger partial charge >= 0.3 is 5.97 Å². The van der Waals surface area contributed by atoms with Crippen molar-refractivity contribution in [1.29, 1.82) is 0 Å². The van der Waals surface area contributed by atoms with Crippen LogP contribution in [0.2, 0.25) is 0 Å². The van der Waals surface area contributed by atoms with E-state index >= 15 is 0 Å². The molecule has 7 heteroatoms. The highest BCUT2D eigenvalue weighted by Gasteiger charge is 2.41. The summed E-state index contributed by atoms with van der Waals surface area (Å²) in [4.78, 5) is 36.8. The van der Waals surface area contributed by atoms with Gasteiger partial charge in [-0.15, -0.1) is 0 Å². The van der Waals surface area contributed by atoms with E-state index in [-0.39, 0.29) is 30.3 Å². The van der Waals surface area contributed by atoms with Gasteiger partial charge in [0, 0.05) is 24.6 Å². The summed E-state index contributed by atoms with van der Waals surface area (Å²) in [5.41, 5.74) is 1.00. The summed E-state index contributed by atoms with van der Waals surface area (Å²) in [6.45, 7) is 1.81. The number of hydrogen-bond acceptors (Lipinski definition) is 4. The third-order valence-corrected chi connectivity index (χ3v) is 4.80. The molecule has 1 saturated heterocycles. The van der Waals surface area contributed by atoms with E-state index in [1.165, 1.54) is 11.0 Å². The first-order valence-corrected chi connectivity index (χ1v) is 8.21. The first kappa shape index (κ1) is 17.6. The van der Waals surface area contributed by atoms with Gasteiger partial charge in [-0.05, 0) is 18.6 Å². The average molecular weight is 354 g/mol. The fourth-order valence-electron chi connectivity index (χ4n) is 3.50. The molecule has 3 rings (SSSR count). The SMILES string of the molecule is Cc1cccc(C(=O)N2C[C@H](C(=O)O)[C@H](c3ccccc3)C2)c1[N+](=O)[O-]. The number of rotatable bonds is 4. The van der Waals surface area contributed by atoms with Crippen molar-refractivity contribution in [1.82, 2.24) is 4.90 Å². The molecule has 1 fully saturated rings. The Morgan fingerprint density at radius 1 is 1.12 bits per heavy atom. The first-order valence-electron chi connectivity index (χ1n) is 8.21. The zero-order valence-electron chi connectivity index (χ0n) is 14.2. The largest absolute Gasteiger partial charge is 0.481 e. The Hall–Kier alpha value is -3.22. The molecule has 0 bridgehead atoms. The minimum Gasteiger partial charge on any atom is -0.481 e. The Morgan fingerprint density at radius 3 is 2.42 bits per heavy atom. The van der Waals surface area contributed by atoms with Crippen LogP contribution in [0.3, 0.4) is 0 Å². The van der Waals surface area contributed by atoms with Crippen LogP contribution < -0.4 is 0 Å². The molecule has 2 aromatic carbocycles. The summed E-state index contributed by atoms with van der Waals surface area (Å²) in [7, 11) is 0. The molecule has 1 amide bonds. The van der Waals surface area contributed by atoms with Crippen molar-refractivity contribution >= 4 is 17.6 Å². The Bertz CT molecular complexity index is 865. The number of hydrogen-bond donors (Lipinski definition) is 1. The van der Waals surface area contributed by atoms with Crippen LogP contribution in [0.1, 0.15) is 27.4 Å². The lowest BCUT2D eigenvalue weighted by molar-refractivity contribution is -0.385. The summed E-state index contributed by atoms with van der Waals surface area (Å²) >= 11 is 0. The maximum absolute atomic E-state index is 12.9. The summed E-state index contributed by atoms with van der Waals surface area (Å²) in [6, 6.07) is 13.7. The highest BCUT2D eigenvalue weighted by molar-refractivity contribution is 5.99. The van der Waals surface area contributed by atoms with Crippen molar-refractivity contribution < 1.29 is 19.6 Å². The number of likely N-dealkylation sites (tertiary alicyclic amines) is 1. The Morgan fingerprint density at radius 2 is 1.81 bits per heavy atom. The lowest BCUT2D eigenvalue weighted by Crippen LogP contribution is -2.30. The second-order valence-electron chi connectivity index (χ2n) is 6.40. The number of benzene rings is 2. The fourth-order valence-corrected chi connectivity index (χ4v) is 3.50. The molecule has 0 aliphatic carbocycles. The average Bonchev–Trinajstić information content (AvgIpc) is 3.07. The Kier molecular flexibility index (Phi) is 4.71. The number of aliphatic carboxylic acids is 1. The molecule has 1 heterocycles. The third kappa shape index (κ3) is 3.15. The molecular weight excluding hydrogens is 336 g/mol. The quantitative estimate of drug-likeness (QED) is 0.672. The number of aryl methyl sites for hydroxylation is 1. The van der Waals surface area contributed by atoms with E-state index in [9.17, 15) is 24.8 Å². The van der Waals surface area contributed by atoms with Gasteiger partial charge in [0.1, 0.15) is 5.56 Å². The van der Waals surface area contributed by atoms with Crippen LogP contribution in [0.4, 0.5) is 5.69 Å². The lowest BCUT2D eigenvalue weighted by Gasteiger charge is -2.17. The van der Waals surface area contributed by atoms with E-state index in [1.807, 2.05) is 30.3 Å². The molecule has 0 aromatic heterocycles. The Labute approximate surface area is 150 Å². The van der Waals surface area contributed by atoms with Gasteiger partial charge in [-0.2, -0.15) is 0 Å². The van der Waals surface area contributed by atoms with Crippen molar-refractivity contribution in [3.63, 3.8) is 0 Å². The topological polar surface area (TPSA) is 101 Å². The van der Waals surface area contributed by atoms with E-state index in [4.69, 9.17) is 0 Å². The molecule has 2 atom stereocenters. The van der Waals surface area contributed by atoms with Crippen LogP contribution in [-0.2, 0) is 4.79 Å². The maximum Gasteiger partial charge on any atom is 0.308 e. The van der Waals surface area contributed by atoms with Crippen LogP contribution in [0.15, 0.2) is 48.5 Å². The fraction of sp³-hybridized carbons (Fsp3) is 0.263. The molecule has 7 nitrogen and oxygen atoms in total. The van der Waals surface area contributed by atoms with Crippen LogP contribution in [0.5, 0.6) is 0 Å². The zero-order chi connectivity index (χ0) is 18.8. The smallest absolute Gasteiger partial charge is 0.308 e. The second-order valence-corrected chi connectivity index (χ2v) is 6.40. The van der Waals surface area contributed by atoms with Gasteiger partial charge in [0.05, 0.1) is 10.8 Å². The Balaban J connectivity index is 1.94. The zero-order valence-corrected chi connectivity index (χ0v) is 14.2. The van der Waals surface area contributed by atoms with Crippen LogP contribution in [0.25, 0.3) is 0 Å². The minimum absolute atomic E-state index is 0.00662. The van der Waals surface area contributed by atoms with E-state index in [1.54, 1.807) is 19.1 Å². The van der Waals surface area contributed by atoms with Crippen molar-refractivity contribution in [2.45, 2.75) is 12.8 Å². The van der Waals surface area contributed by atoms with Crippen LogP contribution in [-0.4, -0.2) is 39.9 Å². The first-order chi connectivity index (χ1) is 12.4. The van der Waals surface area contributed by atoms with Gasteiger partial charge in [0.2, 0.25) is 0 Å². The number of carbonyl (C=O) groups is 2. The number of carboxylic acids is 1. The summed E-state index contributed by atoms with van der Waals surface area (Å²) in [5.74, 6) is -2.58. The normalized spacial score (nSPS) is 19.3. The molecular formula is C19H18N2O5. The highest BCUT2D eigenvalue weighted by atomic mass is 16.6. The van der Waals surface area contributed by atoms with Crippen LogP contribution in [0, 0.1) is 23.0 Å². The van der Waals surface area contributed by atoms with Gasteiger partial charge in [0.25, 0.3) is 11.6 Å². The van der Waals surface area contributed by atoms with Crippen molar-refractivity contribution in [3.8, 4) is 0 Å². The van der Waals surface area contributed by atoms with E-state index < -0.39 is 22.7 Å². The molecule has 1 aliphatic rings. The lowest BCUT2D eigenvalue weighted by atomic mass is 9.89. The molecule has 1 aliphatic heterocycles. The number of nitro groups is 1. The number of para-hydroxylation sites is 1. The van der Waals surface area contributed by atoms with Crippen molar-refractivity contribution in [2.75, 3.05) is 13.1 Å². The molecule has 2 aromatic rings. The second kappa shape index (κ2) is 6.95. The van der Waals surface area contributed by atoms with Gasteiger partial charge in [-0.1, -0.05) is 42.5 Å². The molecule has 1 N–H and O–H groups in total. The summed E-state index contributed by atoms with van der Waals surface area (Å²) in [5, 5.41) is 20.9. The maximum atomic E-state index is 12.9. The molecule has 0 radical (unpaired) electrons. The summed E-state index contributed by atoms with van der Waals surface area (Å²) < 4.78 is 0. The number of amides is 1. The highest BCUT2D eigenvalue weighted by Crippen LogP contribution is 2.35. The van der Waals surface area contributed by atoms with E-state index in [2.05, 4.69) is 0 Å². The monoisotopic (exact) mass is 354 g/mol.